The molecule has 38 heavy (non-hydrogen) atoms. The van der Waals surface area contributed by atoms with E-state index in [0.717, 1.165) is 21.3 Å². The Bertz CT molecular complexity index is 1380. The van der Waals surface area contributed by atoms with Gasteiger partial charge in [-0.1, -0.05) is 35.1 Å². The van der Waals surface area contributed by atoms with Crippen molar-refractivity contribution in [3.05, 3.63) is 82.0 Å². The van der Waals surface area contributed by atoms with Crippen molar-refractivity contribution in [2.24, 2.45) is 0 Å². The molecule has 5 rings (SSSR count). The van der Waals surface area contributed by atoms with E-state index in [1.807, 2.05) is 60.4 Å². The SMILES string of the molecule is COc1ccc(SC2=C(C(=O)O)N(Cc3cc4c(cc3Cl)OCO4)C(C)(Sc3ccc(OC)cc3)N2)cc1. The zero-order chi connectivity index (χ0) is 26.9. The van der Waals surface area contributed by atoms with Crippen molar-refractivity contribution in [3.8, 4) is 23.0 Å². The van der Waals surface area contributed by atoms with E-state index in [2.05, 4.69) is 5.32 Å². The van der Waals surface area contributed by atoms with Crippen LogP contribution in [0.4, 0.5) is 0 Å². The Balaban J connectivity index is 1.53. The Hall–Kier alpha value is -3.34. The molecule has 198 valence electrons. The number of fused-ring (bicyclic) bond motifs is 1. The molecule has 0 saturated heterocycles. The minimum Gasteiger partial charge on any atom is -0.497 e. The van der Waals surface area contributed by atoms with E-state index < -0.39 is 11.0 Å². The number of hydrogen-bond donors (Lipinski definition) is 2. The molecule has 1 unspecified atom stereocenters. The van der Waals surface area contributed by atoms with Gasteiger partial charge >= 0.3 is 5.97 Å². The molecule has 0 amide bonds. The second kappa shape index (κ2) is 10.8. The summed E-state index contributed by atoms with van der Waals surface area (Å²) in [6, 6.07) is 18.6. The van der Waals surface area contributed by atoms with Crippen molar-refractivity contribution in [2.75, 3.05) is 21.0 Å². The number of nitrogens with zero attached hydrogens (tertiary/aromatic N) is 1. The van der Waals surface area contributed by atoms with Gasteiger partial charge in [-0.25, -0.2) is 4.79 Å². The summed E-state index contributed by atoms with van der Waals surface area (Å²) in [4.78, 5) is 15.5. The fourth-order valence-electron chi connectivity index (χ4n) is 4.16. The van der Waals surface area contributed by atoms with Gasteiger partial charge in [0.05, 0.1) is 14.2 Å². The van der Waals surface area contributed by atoms with Crippen LogP contribution in [-0.4, -0.2) is 42.0 Å². The van der Waals surface area contributed by atoms with E-state index in [1.54, 1.807) is 26.4 Å². The second-order valence-electron chi connectivity index (χ2n) is 8.53. The predicted octanol–water partition coefficient (Wildman–Crippen LogP) is 6.00. The highest BCUT2D eigenvalue weighted by atomic mass is 35.5. The zero-order valence-corrected chi connectivity index (χ0v) is 23.2. The molecule has 0 radical (unpaired) electrons. The Morgan fingerprint density at radius 2 is 1.61 bits per heavy atom. The molecule has 2 aliphatic heterocycles. The van der Waals surface area contributed by atoms with Crippen LogP contribution in [0.15, 0.2) is 81.2 Å². The van der Waals surface area contributed by atoms with Crippen LogP contribution < -0.4 is 24.3 Å². The fraction of sp³-hybridized carbons (Fsp3) is 0.222. The third-order valence-corrected chi connectivity index (χ3v) is 8.66. The number of carbonyl (C=O) groups is 1. The summed E-state index contributed by atoms with van der Waals surface area (Å²) in [6.45, 7) is 2.29. The van der Waals surface area contributed by atoms with Gasteiger partial charge in [0.2, 0.25) is 6.79 Å². The lowest BCUT2D eigenvalue weighted by atomic mass is 10.1. The molecule has 3 aromatic rings. The molecule has 0 aromatic heterocycles. The van der Waals surface area contributed by atoms with Crippen molar-refractivity contribution >= 4 is 41.1 Å². The Morgan fingerprint density at radius 3 is 2.18 bits per heavy atom. The average molecular weight is 573 g/mol. The van der Waals surface area contributed by atoms with E-state index in [1.165, 1.54) is 23.5 Å². The highest BCUT2D eigenvalue weighted by molar-refractivity contribution is 8.03. The summed E-state index contributed by atoms with van der Waals surface area (Å²) in [5.74, 6) is 1.56. The van der Waals surface area contributed by atoms with Gasteiger partial charge in [-0.15, -0.1) is 0 Å². The summed E-state index contributed by atoms with van der Waals surface area (Å²) < 4.78 is 21.5. The van der Waals surface area contributed by atoms with E-state index in [9.17, 15) is 9.90 Å². The van der Waals surface area contributed by atoms with Crippen molar-refractivity contribution in [2.45, 2.75) is 28.3 Å². The summed E-state index contributed by atoms with van der Waals surface area (Å²) >= 11 is 9.45. The van der Waals surface area contributed by atoms with Crippen molar-refractivity contribution in [1.82, 2.24) is 10.2 Å². The molecule has 0 aliphatic carbocycles. The van der Waals surface area contributed by atoms with Crippen molar-refractivity contribution in [3.63, 3.8) is 0 Å². The molecule has 0 bridgehead atoms. The molecule has 2 heterocycles. The normalized spacial score (nSPS) is 17.9. The lowest BCUT2D eigenvalue weighted by molar-refractivity contribution is -0.134. The van der Waals surface area contributed by atoms with Gasteiger partial charge in [0.25, 0.3) is 0 Å². The molecule has 0 fully saturated rings. The quantitative estimate of drug-likeness (QED) is 0.318. The molecule has 0 saturated carbocycles. The molecule has 3 aromatic carbocycles. The van der Waals surface area contributed by atoms with E-state index in [0.29, 0.717) is 27.1 Å². The predicted molar refractivity (Wildman–Crippen MR) is 147 cm³/mol. The highest BCUT2D eigenvalue weighted by Gasteiger charge is 2.45. The number of aliphatic carboxylic acids is 1. The third kappa shape index (κ3) is 5.29. The molecule has 1 atom stereocenters. The van der Waals surface area contributed by atoms with Crippen LogP contribution in [0.1, 0.15) is 12.5 Å². The Kier molecular flexibility index (Phi) is 7.47. The second-order valence-corrected chi connectivity index (χ2v) is 11.5. The van der Waals surface area contributed by atoms with Crippen LogP contribution >= 0.6 is 35.1 Å². The maximum atomic E-state index is 12.7. The molecule has 11 heteroatoms. The molecule has 8 nitrogen and oxygen atoms in total. The summed E-state index contributed by atoms with van der Waals surface area (Å²) in [5, 5.41) is 14.9. The number of methoxy groups -OCH3 is 2. The van der Waals surface area contributed by atoms with E-state index >= 15 is 0 Å². The average Bonchev–Trinajstić information content (AvgIpc) is 3.46. The largest absolute Gasteiger partial charge is 0.497 e. The highest BCUT2D eigenvalue weighted by Crippen LogP contribution is 2.47. The maximum absolute atomic E-state index is 12.7. The first-order valence-corrected chi connectivity index (χ1v) is 13.6. The van der Waals surface area contributed by atoms with Crippen molar-refractivity contribution < 1.29 is 28.8 Å². The summed E-state index contributed by atoms with van der Waals surface area (Å²) in [5.41, 5.74) is 0.858. The standard InChI is InChI=1S/C27H25ClN2O6S2/c1-27(38-20-10-6-18(34-3)7-11-20)29-25(37-19-8-4-17(33-2)5-9-19)24(26(31)32)30(27)14-16-12-22-23(13-21(16)28)36-15-35-22/h4-13,29H,14-15H2,1-3H3,(H,31,32). The number of benzene rings is 3. The first kappa shape index (κ1) is 26.3. The zero-order valence-electron chi connectivity index (χ0n) is 20.8. The number of nitrogens with one attached hydrogen (secondary N) is 1. The first-order chi connectivity index (χ1) is 18.3. The Labute approximate surface area is 233 Å². The summed E-state index contributed by atoms with van der Waals surface area (Å²) in [6.07, 6.45) is 0. The molecule has 2 N–H and O–H groups in total. The maximum Gasteiger partial charge on any atom is 0.355 e. The smallest absolute Gasteiger partial charge is 0.355 e. The van der Waals surface area contributed by atoms with Crippen molar-refractivity contribution in [1.29, 1.82) is 0 Å². The van der Waals surface area contributed by atoms with Gasteiger partial charge in [0.15, 0.2) is 22.2 Å². The van der Waals surface area contributed by atoms with Gasteiger partial charge in [-0.3, -0.25) is 0 Å². The van der Waals surface area contributed by atoms with Crippen LogP contribution in [0.25, 0.3) is 0 Å². The molecule has 2 aliphatic rings. The topological polar surface area (TPSA) is 89.5 Å². The van der Waals surface area contributed by atoms with Crippen LogP contribution in [-0.2, 0) is 11.3 Å². The number of carboxylic acids is 1. The summed E-state index contributed by atoms with van der Waals surface area (Å²) in [7, 11) is 3.22. The number of thioether (sulfide) groups is 2. The first-order valence-electron chi connectivity index (χ1n) is 11.6. The lowest BCUT2D eigenvalue weighted by Gasteiger charge is -2.37. The van der Waals surface area contributed by atoms with E-state index in [4.69, 9.17) is 30.5 Å². The monoisotopic (exact) mass is 572 g/mol. The third-order valence-electron chi connectivity index (χ3n) is 6.07. The van der Waals surface area contributed by atoms with Gasteiger partial charge < -0.3 is 34.3 Å². The van der Waals surface area contributed by atoms with Gasteiger partial charge in [0, 0.05) is 27.4 Å². The molecular weight excluding hydrogens is 548 g/mol. The molecular formula is C27H25ClN2O6S2. The fourth-order valence-corrected chi connectivity index (χ4v) is 6.64. The molecule has 0 spiro atoms. The number of rotatable bonds is 9. The van der Waals surface area contributed by atoms with Crippen LogP contribution in [0.3, 0.4) is 0 Å². The van der Waals surface area contributed by atoms with Crippen LogP contribution in [0.2, 0.25) is 5.02 Å². The van der Waals surface area contributed by atoms with Gasteiger partial charge in [-0.05, 0) is 67.1 Å². The Morgan fingerprint density at radius 1 is 1.03 bits per heavy atom. The van der Waals surface area contributed by atoms with Gasteiger partial charge in [-0.2, -0.15) is 0 Å². The number of carboxylic acid groups (broad SMARTS) is 1. The number of halogens is 1. The number of ether oxygens (including phenoxy) is 4. The minimum absolute atomic E-state index is 0.119. The minimum atomic E-state index is -1.05. The van der Waals surface area contributed by atoms with E-state index in [-0.39, 0.29) is 19.0 Å². The van der Waals surface area contributed by atoms with Gasteiger partial charge in [0.1, 0.15) is 16.5 Å². The lowest BCUT2D eigenvalue weighted by Crippen LogP contribution is -2.47. The van der Waals surface area contributed by atoms with Crippen LogP contribution in [0, 0.1) is 0 Å². The number of hydrogen-bond acceptors (Lipinski definition) is 9. The van der Waals surface area contributed by atoms with Crippen LogP contribution in [0.5, 0.6) is 23.0 Å².